The number of nitrogens with zero attached hydrogens (tertiary/aromatic N) is 2. The van der Waals surface area contributed by atoms with E-state index < -0.39 is 5.54 Å². The Morgan fingerprint density at radius 3 is 2.73 bits per heavy atom. The van der Waals surface area contributed by atoms with E-state index in [2.05, 4.69) is 5.32 Å². The van der Waals surface area contributed by atoms with Crippen molar-refractivity contribution in [3.05, 3.63) is 26.6 Å². The van der Waals surface area contributed by atoms with Gasteiger partial charge in [-0.3, -0.25) is 14.2 Å². The van der Waals surface area contributed by atoms with Crippen molar-refractivity contribution in [3.8, 4) is 0 Å². The average Bonchev–Trinajstić information content (AvgIpc) is 2.82. The van der Waals surface area contributed by atoms with E-state index in [0.29, 0.717) is 21.6 Å². The van der Waals surface area contributed by atoms with Crippen LogP contribution in [0.4, 0.5) is 0 Å². The van der Waals surface area contributed by atoms with Gasteiger partial charge in [0.1, 0.15) is 10.7 Å². The molecule has 0 saturated carbocycles. The fourth-order valence-corrected chi connectivity index (χ4v) is 4.57. The monoisotopic (exact) mass is 376 g/mol. The molecule has 0 saturated heterocycles. The molecule has 0 radical (unpaired) electrons. The van der Waals surface area contributed by atoms with E-state index in [0.717, 1.165) is 56.5 Å². The van der Waals surface area contributed by atoms with Crippen LogP contribution in [-0.4, -0.2) is 27.5 Å². The van der Waals surface area contributed by atoms with E-state index in [1.165, 1.54) is 11.3 Å². The Labute approximate surface area is 157 Å². The van der Waals surface area contributed by atoms with Crippen LogP contribution >= 0.6 is 11.3 Å². The molecule has 3 N–H and O–H groups in total. The predicted octanol–water partition coefficient (Wildman–Crippen LogP) is 2.74. The first-order valence-corrected chi connectivity index (χ1v) is 10.3. The number of rotatable bonds is 5. The van der Waals surface area contributed by atoms with Crippen molar-refractivity contribution >= 4 is 27.5 Å². The maximum Gasteiger partial charge on any atom is 0.262 e. The van der Waals surface area contributed by atoms with Crippen molar-refractivity contribution in [2.45, 2.75) is 71.4 Å². The van der Waals surface area contributed by atoms with Crippen molar-refractivity contribution in [2.24, 2.45) is 5.73 Å². The summed E-state index contributed by atoms with van der Waals surface area (Å²) in [6.45, 7) is 7.04. The van der Waals surface area contributed by atoms with Gasteiger partial charge in [-0.25, -0.2) is 4.98 Å². The smallest absolute Gasteiger partial charge is 0.262 e. The van der Waals surface area contributed by atoms with Crippen molar-refractivity contribution in [3.63, 3.8) is 0 Å². The molecule has 0 bridgehead atoms. The highest BCUT2D eigenvalue weighted by Gasteiger charge is 2.25. The second kappa shape index (κ2) is 7.48. The predicted molar refractivity (Wildman–Crippen MR) is 106 cm³/mol. The molecule has 0 unspecified atom stereocenters. The van der Waals surface area contributed by atoms with Crippen LogP contribution in [0.2, 0.25) is 0 Å². The number of aryl methyl sites for hydroxylation is 2. The Hall–Kier alpha value is -1.73. The van der Waals surface area contributed by atoms with Gasteiger partial charge in [-0.2, -0.15) is 0 Å². The summed E-state index contributed by atoms with van der Waals surface area (Å²) in [5.74, 6) is 0.688. The van der Waals surface area contributed by atoms with E-state index in [9.17, 15) is 9.59 Å². The molecule has 142 valence electrons. The van der Waals surface area contributed by atoms with Crippen LogP contribution in [-0.2, 0) is 13.0 Å². The molecule has 2 aromatic rings. The molecule has 2 aromatic heterocycles. The quantitative estimate of drug-likeness (QED) is 0.839. The lowest BCUT2D eigenvalue weighted by Crippen LogP contribution is -2.49. The highest BCUT2D eigenvalue weighted by Crippen LogP contribution is 2.28. The molecule has 26 heavy (non-hydrogen) atoms. The highest BCUT2D eigenvalue weighted by molar-refractivity contribution is 7.20. The molecule has 3 rings (SSSR count). The molecular weight excluding hydrogens is 348 g/mol. The molecule has 0 aliphatic carbocycles. The summed E-state index contributed by atoms with van der Waals surface area (Å²) in [4.78, 5) is 31.6. The molecule has 1 amide bonds. The maximum absolute atomic E-state index is 13.0. The van der Waals surface area contributed by atoms with Crippen LogP contribution in [0.1, 0.15) is 67.0 Å². The van der Waals surface area contributed by atoms with E-state index in [-0.39, 0.29) is 11.5 Å². The zero-order chi connectivity index (χ0) is 18.9. The number of hydrogen-bond donors (Lipinski definition) is 2. The molecule has 7 heteroatoms. The number of nitrogens with two attached hydrogens (primary N) is 1. The minimum atomic E-state index is -0.393. The van der Waals surface area contributed by atoms with Gasteiger partial charge in [-0.15, -0.1) is 11.3 Å². The fraction of sp³-hybridized carbons (Fsp3) is 0.632. The van der Waals surface area contributed by atoms with Crippen LogP contribution in [0.25, 0.3) is 10.2 Å². The lowest BCUT2D eigenvalue weighted by Gasteiger charge is -2.26. The van der Waals surface area contributed by atoms with Gasteiger partial charge in [0, 0.05) is 25.0 Å². The molecule has 6 nitrogen and oxygen atoms in total. The van der Waals surface area contributed by atoms with Gasteiger partial charge in [-0.05, 0) is 38.2 Å². The Balaban J connectivity index is 1.96. The Morgan fingerprint density at radius 1 is 1.31 bits per heavy atom. The minimum absolute atomic E-state index is 0.00464. The van der Waals surface area contributed by atoms with Crippen LogP contribution in [0.5, 0.6) is 0 Å². The van der Waals surface area contributed by atoms with Crippen LogP contribution in [0.15, 0.2) is 4.79 Å². The van der Waals surface area contributed by atoms with Crippen LogP contribution in [0, 0.1) is 6.92 Å². The molecular formula is C19H28N4O2S. The van der Waals surface area contributed by atoms with E-state index in [1.54, 1.807) is 4.57 Å². The van der Waals surface area contributed by atoms with Crippen LogP contribution in [0.3, 0.4) is 0 Å². The molecule has 0 spiro atoms. The third-order valence-electron chi connectivity index (χ3n) is 5.63. The van der Waals surface area contributed by atoms with Gasteiger partial charge in [0.25, 0.3) is 11.5 Å². The van der Waals surface area contributed by atoms with E-state index in [4.69, 9.17) is 10.7 Å². The zero-order valence-electron chi connectivity index (χ0n) is 15.9. The number of fused-ring (bicyclic) bond motifs is 2. The van der Waals surface area contributed by atoms with Gasteiger partial charge in [0.2, 0.25) is 0 Å². The summed E-state index contributed by atoms with van der Waals surface area (Å²) in [5.41, 5.74) is 6.61. The summed E-state index contributed by atoms with van der Waals surface area (Å²) in [6.07, 6.45) is 5.60. The van der Waals surface area contributed by atoms with Crippen molar-refractivity contribution in [1.29, 1.82) is 0 Å². The number of aromatic nitrogens is 2. The third-order valence-corrected chi connectivity index (χ3v) is 6.81. The standard InChI is InChI=1S/C19H28N4O2S/c1-4-19(20,5-2)11-21-16(24)15-12(3)14-17(26-15)22-13-9-7-6-8-10-23(13)18(14)25/h4-11,20H2,1-3H3,(H,21,24). The number of nitrogens with one attached hydrogen (secondary N) is 1. The summed E-state index contributed by atoms with van der Waals surface area (Å²) in [7, 11) is 0. The maximum atomic E-state index is 13.0. The fourth-order valence-electron chi connectivity index (χ4n) is 3.46. The van der Waals surface area contributed by atoms with Gasteiger partial charge in [-0.1, -0.05) is 20.3 Å². The Bertz CT molecular complexity index is 880. The normalized spacial score (nSPS) is 14.9. The third kappa shape index (κ3) is 3.42. The second-order valence-electron chi connectivity index (χ2n) is 7.28. The number of hydrogen-bond acceptors (Lipinski definition) is 5. The second-order valence-corrected chi connectivity index (χ2v) is 8.28. The topological polar surface area (TPSA) is 90.0 Å². The summed E-state index contributed by atoms with van der Waals surface area (Å²) in [6, 6.07) is 0. The summed E-state index contributed by atoms with van der Waals surface area (Å²) in [5, 5.41) is 3.55. The first-order valence-electron chi connectivity index (χ1n) is 9.50. The van der Waals surface area contributed by atoms with Gasteiger partial charge >= 0.3 is 0 Å². The first kappa shape index (κ1) is 19.0. The number of thiophene rings is 1. The molecule has 0 fully saturated rings. The largest absolute Gasteiger partial charge is 0.349 e. The van der Waals surface area contributed by atoms with Crippen molar-refractivity contribution in [1.82, 2.24) is 14.9 Å². The van der Waals surface area contributed by atoms with Gasteiger partial charge in [0.15, 0.2) is 0 Å². The minimum Gasteiger partial charge on any atom is -0.349 e. The van der Waals surface area contributed by atoms with E-state index in [1.807, 2.05) is 20.8 Å². The van der Waals surface area contributed by atoms with Gasteiger partial charge in [0.05, 0.1) is 10.3 Å². The Kier molecular flexibility index (Phi) is 5.48. The SMILES string of the molecule is CCC(N)(CC)CNC(=O)c1sc2nc3n(c(=O)c2c1C)CCCCC3. The average molecular weight is 377 g/mol. The highest BCUT2D eigenvalue weighted by atomic mass is 32.1. The lowest BCUT2D eigenvalue weighted by molar-refractivity contribution is 0.0946. The molecule has 3 heterocycles. The lowest BCUT2D eigenvalue weighted by atomic mass is 9.94. The zero-order valence-corrected chi connectivity index (χ0v) is 16.7. The summed E-state index contributed by atoms with van der Waals surface area (Å²) >= 11 is 1.31. The van der Waals surface area contributed by atoms with Crippen molar-refractivity contribution < 1.29 is 4.79 Å². The molecule has 0 atom stereocenters. The van der Waals surface area contributed by atoms with Gasteiger partial charge < -0.3 is 11.1 Å². The number of carbonyl (C=O) groups excluding carboxylic acids is 1. The molecule has 1 aliphatic rings. The van der Waals surface area contributed by atoms with Crippen LogP contribution < -0.4 is 16.6 Å². The van der Waals surface area contributed by atoms with Crippen molar-refractivity contribution in [2.75, 3.05) is 6.54 Å². The molecule has 1 aliphatic heterocycles. The first-order chi connectivity index (χ1) is 12.4. The summed E-state index contributed by atoms with van der Waals surface area (Å²) < 4.78 is 1.80. The Morgan fingerprint density at radius 2 is 2.04 bits per heavy atom. The molecule has 0 aromatic carbocycles. The van der Waals surface area contributed by atoms with E-state index >= 15 is 0 Å². The number of amides is 1. The number of carbonyl (C=O) groups is 1.